The van der Waals surface area contributed by atoms with Crippen LogP contribution in [0.2, 0.25) is 0 Å². The Bertz CT molecular complexity index is 951. The summed E-state index contributed by atoms with van der Waals surface area (Å²) in [4.78, 5) is 3.35. The van der Waals surface area contributed by atoms with E-state index in [0.717, 1.165) is 4.68 Å². The molecule has 0 saturated heterocycles. The minimum absolute atomic E-state index is 0.265. The highest BCUT2D eigenvalue weighted by atomic mass is 19.4. The number of hydrogen-bond acceptors (Lipinski definition) is 2. The van der Waals surface area contributed by atoms with Gasteiger partial charge in [-0.1, -0.05) is 42.3 Å². The van der Waals surface area contributed by atoms with Crippen molar-refractivity contribution in [2.75, 3.05) is 0 Å². The molecule has 3 rings (SSSR count). The van der Waals surface area contributed by atoms with Gasteiger partial charge in [-0.05, 0) is 30.2 Å². The SMILES string of the molecule is FC(F)(F)C(F)(F)c1nc(C#Cc2ccccc2)n(-c2ccccc2)n1. The van der Waals surface area contributed by atoms with Gasteiger partial charge in [0.2, 0.25) is 11.6 Å². The van der Waals surface area contributed by atoms with Crippen molar-refractivity contribution in [3.63, 3.8) is 0 Å². The molecule has 1 heterocycles. The molecule has 3 nitrogen and oxygen atoms in total. The Balaban J connectivity index is 2.12. The van der Waals surface area contributed by atoms with Crippen molar-refractivity contribution in [3.8, 4) is 17.5 Å². The van der Waals surface area contributed by atoms with E-state index >= 15 is 0 Å². The Morgan fingerprint density at radius 3 is 1.92 bits per heavy atom. The molecule has 0 atom stereocenters. The molecule has 0 spiro atoms. The van der Waals surface area contributed by atoms with E-state index in [-0.39, 0.29) is 11.5 Å². The number of benzene rings is 2. The number of halogens is 5. The van der Waals surface area contributed by atoms with Gasteiger partial charge in [-0.3, -0.25) is 0 Å². The first-order chi connectivity index (χ1) is 12.3. The highest BCUT2D eigenvalue weighted by Gasteiger charge is 2.62. The lowest BCUT2D eigenvalue weighted by Gasteiger charge is -2.15. The second kappa shape index (κ2) is 6.59. The van der Waals surface area contributed by atoms with E-state index in [1.807, 2.05) is 0 Å². The van der Waals surface area contributed by atoms with Crippen molar-refractivity contribution in [1.29, 1.82) is 0 Å². The van der Waals surface area contributed by atoms with E-state index in [1.54, 1.807) is 48.5 Å². The van der Waals surface area contributed by atoms with Crippen LogP contribution in [0.4, 0.5) is 22.0 Å². The van der Waals surface area contributed by atoms with Gasteiger partial charge in [0.25, 0.3) is 0 Å². The summed E-state index contributed by atoms with van der Waals surface area (Å²) < 4.78 is 66.0. The summed E-state index contributed by atoms with van der Waals surface area (Å²) in [5, 5.41) is 3.36. The number of para-hydroxylation sites is 1. The summed E-state index contributed by atoms with van der Waals surface area (Å²) in [5.74, 6) is -1.97. The quantitative estimate of drug-likeness (QED) is 0.502. The molecule has 132 valence electrons. The second-order valence-corrected chi connectivity index (χ2v) is 5.19. The standard InChI is InChI=1S/C18H10F5N3/c19-17(20,18(21,22)23)16-24-15(12-11-13-7-3-1-4-8-13)26(25-16)14-9-5-2-6-10-14/h1-10H. The summed E-state index contributed by atoms with van der Waals surface area (Å²) in [7, 11) is 0. The molecule has 0 N–H and O–H groups in total. The van der Waals surface area contributed by atoms with Crippen molar-refractivity contribution >= 4 is 0 Å². The molecule has 26 heavy (non-hydrogen) atoms. The topological polar surface area (TPSA) is 30.7 Å². The first kappa shape index (κ1) is 17.6. The molecule has 0 unspecified atom stereocenters. The smallest absolute Gasteiger partial charge is 0.206 e. The van der Waals surface area contributed by atoms with Gasteiger partial charge in [0.1, 0.15) is 0 Å². The van der Waals surface area contributed by atoms with Crippen molar-refractivity contribution in [2.24, 2.45) is 0 Å². The number of nitrogens with zero attached hydrogens (tertiary/aromatic N) is 3. The fourth-order valence-corrected chi connectivity index (χ4v) is 2.05. The fraction of sp³-hybridized carbons (Fsp3) is 0.111. The molecule has 0 bridgehead atoms. The highest BCUT2D eigenvalue weighted by molar-refractivity contribution is 5.41. The van der Waals surface area contributed by atoms with Crippen molar-refractivity contribution in [2.45, 2.75) is 12.1 Å². The van der Waals surface area contributed by atoms with Crippen molar-refractivity contribution < 1.29 is 22.0 Å². The van der Waals surface area contributed by atoms with Gasteiger partial charge < -0.3 is 0 Å². The Morgan fingerprint density at radius 1 is 0.769 bits per heavy atom. The zero-order chi connectivity index (χ0) is 18.8. The molecule has 2 aromatic carbocycles. The number of hydrogen-bond donors (Lipinski definition) is 0. The molecule has 0 radical (unpaired) electrons. The molecule has 0 aliphatic rings. The predicted molar refractivity (Wildman–Crippen MR) is 83.7 cm³/mol. The van der Waals surface area contributed by atoms with Crippen LogP contribution in [0.1, 0.15) is 17.2 Å². The van der Waals surface area contributed by atoms with Crippen LogP contribution >= 0.6 is 0 Å². The van der Waals surface area contributed by atoms with Crippen LogP contribution < -0.4 is 0 Å². The van der Waals surface area contributed by atoms with E-state index in [0.29, 0.717) is 5.56 Å². The van der Waals surface area contributed by atoms with E-state index in [2.05, 4.69) is 21.9 Å². The molecule has 0 aliphatic heterocycles. The molecule has 3 aromatic rings. The molecular formula is C18H10F5N3. The number of rotatable bonds is 2. The predicted octanol–water partition coefficient (Wildman–Crippen LogP) is 4.32. The average molecular weight is 363 g/mol. The Hall–Kier alpha value is -3.21. The molecule has 8 heteroatoms. The largest absolute Gasteiger partial charge is 0.461 e. The van der Waals surface area contributed by atoms with Crippen LogP contribution in [0.5, 0.6) is 0 Å². The lowest BCUT2D eigenvalue weighted by Crippen LogP contribution is -2.34. The third kappa shape index (κ3) is 3.42. The van der Waals surface area contributed by atoms with E-state index in [4.69, 9.17) is 0 Å². The zero-order valence-electron chi connectivity index (χ0n) is 13.0. The normalized spacial score (nSPS) is 11.7. The van der Waals surface area contributed by atoms with Crippen molar-refractivity contribution in [1.82, 2.24) is 14.8 Å². The first-order valence-corrected chi connectivity index (χ1v) is 7.33. The van der Waals surface area contributed by atoms with Gasteiger partial charge in [0, 0.05) is 5.56 Å². The summed E-state index contributed by atoms with van der Waals surface area (Å²) in [5.41, 5.74) is 0.820. The van der Waals surface area contributed by atoms with Crippen LogP contribution in [0.3, 0.4) is 0 Å². The third-order valence-corrected chi connectivity index (χ3v) is 3.34. The minimum Gasteiger partial charge on any atom is -0.206 e. The second-order valence-electron chi connectivity index (χ2n) is 5.19. The Kier molecular flexibility index (Phi) is 4.47. The van der Waals surface area contributed by atoms with E-state index in [1.165, 1.54) is 12.1 Å². The minimum atomic E-state index is -5.81. The fourth-order valence-electron chi connectivity index (χ4n) is 2.05. The molecule has 1 aromatic heterocycles. The van der Waals surface area contributed by atoms with Gasteiger partial charge in [-0.25, -0.2) is 4.68 Å². The summed E-state index contributed by atoms with van der Waals surface area (Å²) in [6.45, 7) is 0. The molecular weight excluding hydrogens is 353 g/mol. The van der Waals surface area contributed by atoms with E-state index < -0.39 is 17.9 Å². The third-order valence-electron chi connectivity index (χ3n) is 3.34. The van der Waals surface area contributed by atoms with Gasteiger partial charge in [-0.2, -0.15) is 26.9 Å². The lowest BCUT2D eigenvalue weighted by molar-refractivity contribution is -0.292. The zero-order valence-corrected chi connectivity index (χ0v) is 13.0. The maximum atomic E-state index is 13.6. The van der Waals surface area contributed by atoms with Crippen LogP contribution in [0.15, 0.2) is 60.7 Å². The first-order valence-electron chi connectivity index (χ1n) is 7.33. The maximum absolute atomic E-state index is 13.6. The van der Waals surface area contributed by atoms with Gasteiger partial charge >= 0.3 is 12.1 Å². The molecule has 0 saturated carbocycles. The number of alkyl halides is 5. The summed E-state index contributed by atoms with van der Waals surface area (Å²) in [6, 6.07) is 16.4. The summed E-state index contributed by atoms with van der Waals surface area (Å²) >= 11 is 0. The highest BCUT2D eigenvalue weighted by Crippen LogP contribution is 2.42. The average Bonchev–Trinajstić information content (AvgIpc) is 3.05. The summed E-state index contributed by atoms with van der Waals surface area (Å²) in [6.07, 6.45) is -5.81. The van der Waals surface area contributed by atoms with Gasteiger partial charge in [0.05, 0.1) is 5.69 Å². The van der Waals surface area contributed by atoms with Crippen LogP contribution in [-0.2, 0) is 5.92 Å². The van der Waals surface area contributed by atoms with Gasteiger partial charge in [0.15, 0.2) is 0 Å². The monoisotopic (exact) mass is 363 g/mol. The van der Waals surface area contributed by atoms with E-state index in [9.17, 15) is 22.0 Å². The number of aromatic nitrogens is 3. The molecule has 0 fully saturated rings. The van der Waals surface area contributed by atoms with Crippen molar-refractivity contribution in [3.05, 3.63) is 77.9 Å². The van der Waals surface area contributed by atoms with Crippen LogP contribution in [-0.4, -0.2) is 20.9 Å². The molecule has 0 amide bonds. The Morgan fingerprint density at radius 2 is 1.35 bits per heavy atom. The molecule has 0 aliphatic carbocycles. The van der Waals surface area contributed by atoms with Crippen LogP contribution in [0, 0.1) is 11.8 Å². The maximum Gasteiger partial charge on any atom is 0.461 e. The van der Waals surface area contributed by atoms with Crippen LogP contribution in [0.25, 0.3) is 5.69 Å². The Labute approximate surface area is 145 Å². The van der Waals surface area contributed by atoms with Gasteiger partial charge in [-0.15, -0.1) is 5.10 Å². The lowest BCUT2D eigenvalue weighted by atomic mass is 10.2.